The molecule has 0 radical (unpaired) electrons. The van der Waals surface area contributed by atoms with E-state index in [2.05, 4.69) is 10.5 Å². The molecule has 1 N–H and O–H groups in total. The molecule has 4 heteroatoms. The molecule has 0 spiro atoms. The average Bonchev–Trinajstić information content (AvgIpc) is 2.18. The summed E-state index contributed by atoms with van der Waals surface area (Å²) >= 11 is 0. The van der Waals surface area contributed by atoms with Crippen molar-refractivity contribution in [3.05, 3.63) is 35.4 Å². The van der Waals surface area contributed by atoms with Gasteiger partial charge in [0.15, 0.2) is 0 Å². The van der Waals surface area contributed by atoms with Crippen molar-refractivity contribution in [1.82, 2.24) is 5.43 Å². The van der Waals surface area contributed by atoms with Crippen LogP contribution < -0.4 is 5.43 Å². The smallest absolute Gasteiger partial charge is 0.236 e. The molecule has 0 saturated carbocycles. The lowest BCUT2D eigenvalue weighted by Gasteiger charge is -1.93. The summed E-state index contributed by atoms with van der Waals surface area (Å²) in [5.41, 5.74) is 3.72. The maximum atomic E-state index is 10.5. The number of rotatable bonds is 2. The molecule has 1 amide bonds. The van der Waals surface area contributed by atoms with Crippen LogP contribution >= 0.6 is 0 Å². The van der Waals surface area contributed by atoms with E-state index in [9.17, 15) is 4.79 Å². The molecular weight excluding hydrogens is 178 g/mol. The van der Waals surface area contributed by atoms with Crippen LogP contribution in [0.1, 0.15) is 18.1 Å². The van der Waals surface area contributed by atoms with Crippen LogP contribution in [0.15, 0.2) is 29.4 Å². The minimum absolute atomic E-state index is 0.213. The summed E-state index contributed by atoms with van der Waals surface area (Å²) in [6.45, 7) is 1.39. The zero-order valence-corrected chi connectivity index (χ0v) is 7.69. The van der Waals surface area contributed by atoms with Gasteiger partial charge in [0.25, 0.3) is 0 Å². The normalized spacial score (nSPS) is 9.71. The highest BCUT2D eigenvalue weighted by molar-refractivity contribution is 5.81. The Morgan fingerprint density at radius 3 is 2.64 bits per heavy atom. The fourth-order valence-corrected chi connectivity index (χ4v) is 0.841. The molecule has 1 rings (SSSR count). The monoisotopic (exact) mass is 187 g/mol. The fraction of sp³-hybridized carbons (Fsp3) is 0.100. The molecule has 1 aromatic carbocycles. The van der Waals surface area contributed by atoms with E-state index in [1.54, 1.807) is 24.3 Å². The van der Waals surface area contributed by atoms with Gasteiger partial charge in [0.05, 0.1) is 17.8 Å². The Balaban J connectivity index is 2.65. The molecule has 0 aliphatic heterocycles. The molecular formula is C10H9N3O. The number of hydrogen-bond acceptors (Lipinski definition) is 3. The molecule has 0 bridgehead atoms. The first kappa shape index (κ1) is 9.93. The molecule has 70 valence electrons. The van der Waals surface area contributed by atoms with Crippen LogP contribution in [0.4, 0.5) is 0 Å². The van der Waals surface area contributed by atoms with Gasteiger partial charge >= 0.3 is 0 Å². The van der Waals surface area contributed by atoms with E-state index in [4.69, 9.17) is 5.26 Å². The van der Waals surface area contributed by atoms with Crippen molar-refractivity contribution in [1.29, 1.82) is 5.26 Å². The minimum Gasteiger partial charge on any atom is -0.274 e. The second-order valence-corrected chi connectivity index (χ2v) is 2.66. The number of carbonyl (C=O) groups is 1. The van der Waals surface area contributed by atoms with Gasteiger partial charge < -0.3 is 0 Å². The number of hydrogen-bond donors (Lipinski definition) is 1. The number of nitrogens with one attached hydrogen (secondary N) is 1. The van der Waals surface area contributed by atoms with Crippen LogP contribution in [0.3, 0.4) is 0 Å². The van der Waals surface area contributed by atoms with Crippen LogP contribution in [0.2, 0.25) is 0 Å². The number of nitrogens with zero attached hydrogens (tertiary/aromatic N) is 2. The van der Waals surface area contributed by atoms with Gasteiger partial charge in [0.2, 0.25) is 5.91 Å². The molecule has 0 aliphatic rings. The lowest BCUT2D eigenvalue weighted by Crippen LogP contribution is -2.12. The number of carbonyl (C=O) groups excluding carboxylic acids is 1. The highest BCUT2D eigenvalue weighted by Gasteiger charge is 1.90. The predicted molar refractivity (Wildman–Crippen MR) is 52.6 cm³/mol. The van der Waals surface area contributed by atoms with E-state index < -0.39 is 0 Å². The molecule has 0 aromatic heterocycles. The summed E-state index contributed by atoms with van der Waals surface area (Å²) in [7, 11) is 0. The predicted octanol–water partition coefficient (Wildman–Crippen LogP) is 1.03. The van der Waals surface area contributed by atoms with Crippen molar-refractivity contribution < 1.29 is 4.79 Å². The summed E-state index contributed by atoms with van der Waals surface area (Å²) < 4.78 is 0. The summed E-state index contributed by atoms with van der Waals surface area (Å²) in [6, 6.07) is 8.90. The number of nitriles is 1. The van der Waals surface area contributed by atoms with Gasteiger partial charge in [0, 0.05) is 6.92 Å². The highest BCUT2D eigenvalue weighted by Crippen LogP contribution is 2.00. The van der Waals surface area contributed by atoms with Crippen LogP contribution in [0, 0.1) is 11.3 Å². The fourth-order valence-electron chi connectivity index (χ4n) is 0.841. The first-order chi connectivity index (χ1) is 6.72. The summed E-state index contributed by atoms with van der Waals surface area (Å²) in [6.07, 6.45) is 1.52. The molecule has 0 unspecified atom stereocenters. The Morgan fingerprint density at radius 2 is 2.14 bits per heavy atom. The summed E-state index contributed by atoms with van der Waals surface area (Å²) in [5.74, 6) is -0.213. The molecule has 0 atom stereocenters. The first-order valence-electron chi connectivity index (χ1n) is 4.02. The van der Waals surface area contributed by atoms with Gasteiger partial charge in [-0.05, 0) is 17.7 Å². The molecule has 0 fully saturated rings. The largest absolute Gasteiger partial charge is 0.274 e. The molecule has 0 saturated heterocycles. The molecule has 1 aromatic rings. The van der Waals surface area contributed by atoms with Crippen LogP contribution in [0.5, 0.6) is 0 Å². The maximum Gasteiger partial charge on any atom is 0.236 e. The Kier molecular flexibility index (Phi) is 3.39. The third-order valence-electron chi connectivity index (χ3n) is 1.48. The van der Waals surface area contributed by atoms with Gasteiger partial charge in [-0.15, -0.1) is 0 Å². The van der Waals surface area contributed by atoms with Crippen molar-refractivity contribution in [2.75, 3.05) is 0 Å². The van der Waals surface area contributed by atoms with Crippen LogP contribution in [0.25, 0.3) is 0 Å². The van der Waals surface area contributed by atoms with Gasteiger partial charge in [-0.25, -0.2) is 5.43 Å². The maximum absolute atomic E-state index is 10.5. The standard InChI is InChI=1S/C10H9N3O/c1-8(14)13-12-7-10-4-2-9(6-11)3-5-10/h2-5,7H,1H3,(H,13,14)/b12-7-. The average molecular weight is 187 g/mol. The van der Waals surface area contributed by atoms with Gasteiger partial charge in [-0.3, -0.25) is 4.79 Å². The van der Waals surface area contributed by atoms with E-state index in [0.29, 0.717) is 5.56 Å². The van der Waals surface area contributed by atoms with E-state index in [1.165, 1.54) is 13.1 Å². The van der Waals surface area contributed by atoms with Crippen molar-refractivity contribution in [3.63, 3.8) is 0 Å². The zero-order valence-electron chi connectivity index (χ0n) is 7.69. The highest BCUT2D eigenvalue weighted by atomic mass is 16.2. The lowest BCUT2D eigenvalue weighted by atomic mass is 10.2. The van der Waals surface area contributed by atoms with Crippen molar-refractivity contribution in [2.24, 2.45) is 5.10 Å². The molecule has 4 nitrogen and oxygen atoms in total. The van der Waals surface area contributed by atoms with E-state index in [0.717, 1.165) is 5.56 Å². The Morgan fingerprint density at radius 1 is 1.50 bits per heavy atom. The van der Waals surface area contributed by atoms with Crippen LogP contribution in [-0.4, -0.2) is 12.1 Å². The van der Waals surface area contributed by atoms with Crippen molar-refractivity contribution in [2.45, 2.75) is 6.92 Å². The summed E-state index contributed by atoms with van der Waals surface area (Å²) in [4.78, 5) is 10.5. The Hall–Kier alpha value is -2.15. The lowest BCUT2D eigenvalue weighted by molar-refractivity contribution is -0.118. The van der Waals surface area contributed by atoms with Crippen molar-refractivity contribution in [3.8, 4) is 6.07 Å². The minimum atomic E-state index is -0.213. The quantitative estimate of drug-likeness (QED) is 0.555. The molecule has 0 heterocycles. The topological polar surface area (TPSA) is 65.2 Å². The van der Waals surface area contributed by atoms with Gasteiger partial charge in [-0.1, -0.05) is 12.1 Å². The molecule has 14 heavy (non-hydrogen) atoms. The number of amides is 1. The number of benzene rings is 1. The third kappa shape index (κ3) is 3.07. The van der Waals surface area contributed by atoms with E-state index in [1.807, 2.05) is 6.07 Å². The van der Waals surface area contributed by atoms with Gasteiger partial charge in [-0.2, -0.15) is 10.4 Å². The molecule has 0 aliphatic carbocycles. The Bertz CT molecular complexity index is 387. The van der Waals surface area contributed by atoms with E-state index in [-0.39, 0.29) is 5.91 Å². The third-order valence-corrected chi connectivity index (χ3v) is 1.48. The summed E-state index contributed by atoms with van der Waals surface area (Å²) in [5, 5.41) is 12.2. The first-order valence-corrected chi connectivity index (χ1v) is 4.02. The van der Waals surface area contributed by atoms with Crippen molar-refractivity contribution >= 4 is 12.1 Å². The van der Waals surface area contributed by atoms with Crippen LogP contribution in [-0.2, 0) is 4.79 Å². The SMILES string of the molecule is CC(=O)N/N=C\c1ccc(C#N)cc1. The number of hydrazone groups is 1. The van der Waals surface area contributed by atoms with E-state index >= 15 is 0 Å². The second kappa shape index (κ2) is 4.77. The second-order valence-electron chi connectivity index (χ2n) is 2.66. The van der Waals surface area contributed by atoms with Gasteiger partial charge in [0.1, 0.15) is 0 Å². The zero-order chi connectivity index (χ0) is 10.4. The Labute approximate surface area is 81.9 Å².